The van der Waals surface area contributed by atoms with Crippen LogP contribution in [0.4, 0.5) is 8.78 Å². The van der Waals surface area contributed by atoms with Gasteiger partial charge in [-0.1, -0.05) is 36.4 Å². The van der Waals surface area contributed by atoms with Crippen molar-refractivity contribution >= 4 is 19.7 Å². The van der Waals surface area contributed by atoms with Gasteiger partial charge in [-0.05, 0) is 37.1 Å². The van der Waals surface area contributed by atoms with Gasteiger partial charge in [-0.2, -0.15) is 0 Å². The van der Waals surface area contributed by atoms with Crippen molar-refractivity contribution < 1.29 is 22.4 Å². The lowest BCUT2D eigenvalue weighted by atomic mass is 10.1. The van der Waals surface area contributed by atoms with E-state index in [1.807, 2.05) is 24.3 Å². The molecule has 0 fully saturated rings. The number of rotatable bonds is 8. The molecule has 6 heteroatoms. The highest BCUT2D eigenvalue weighted by Crippen LogP contribution is 2.51. The molecule has 0 aliphatic rings. The fourth-order valence-corrected chi connectivity index (χ4v) is 4.00. The van der Waals surface area contributed by atoms with Gasteiger partial charge in [-0.25, -0.2) is 8.78 Å². The molecule has 0 atom stereocenters. The summed E-state index contributed by atoms with van der Waals surface area (Å²) in [5, 5.41) is 0. The van der Waals surface area contributed by atoms with Crippen LogP contribution in [0.25, 0.3) is 12.2 Å². The Labute approximate surface area is 146 Å². The van der Waals surface area contributed by atoms with Crippen LogP contribution in [0.5, 0.6) is 0 Å². The second-order valence-corrected chi connectivity index (χ2v) is 7.40. The van der Waals surface area contributed by atoms with E-state index in [0.717, 1.165) is 17.2 Å². The van der Waals surface area contributed by atoms with E-state index in [1.54, 1.807) is 26.0 Å². The van der Waals surface area contributed by atoms with E-state index in [4.69, 9.17) is 9.05 Å². The highest BCUT2D eigenvalue weighted by atomic mass is 31.2. The van der Waals surface area contributed by atoms with Gasteiger partial charge in [0.2, 0.25) is 0 Å². The summed E-state index contributed by atoms with van der Waals surface area (Å²) >= 11 is 0. The second kappa shape index (κ2) is 9.04. The minimum atomic E-state index is -3.13. The van der Waals surface area contributed by atoms with Gasteiger partial charge in [0.25, 0.3) is 0 Å². The van der Waals surface area contributed by atoms with Gasteiger partial charge in [0.15, 0.2) is 0 Å². The molecule has 0 unspecified atom stereocenters. The average molecular weight is 366 g/mol. The monoisotopic (exact) mass is 366 g/mol. The Bertz CT molecular complexity index is 763. The van der Waals surface area contributed by atoms with Crippen LogP contribution in [0.15, 0.2) is 42.5 Å². The fraction of sp³-hybridized carbons (Fsp3) is 0.263. The first-order valence-electron chi connectivity index (χ1n) is 8.06. The molecule has 0 heterocycles. The normalized spacial score (nSPS) is 12.0. The molecular formula is C19H21F2O3P. The summed E-state index contributed by atoms with van der Waals surface area (Å²) in [6, 6.07) is 10.8. The van der Waals surface area contributed by atoms with Crippen LogP contribution in [-0.4, -0.2) is 13.2 Å². The summed E-state index contributed by atoms with van der Waals surface area (Å²) in [7, 11) is -3.13. The Morgan fingerprint density at radius 1 is 0.960 bits per heavy atom. The van der Waals surface area contributed by atoms with Gasteiger partial charge >= 0.3 is 7.60 Å². The predicted octanol–water partition coefficient (Wildman–Crippen LogP) is 5.90. The molecule has 2 rings (SSSR count). The minimum Gasteiger partial charge on any atom is -0.309 e. The van der Waals surface area contributed by atoms with Crippen molar-refractivity contribution in [2.45, 2.75) is 20.0 Å². The summed E-state index contributed by atoms with van der Waals surface area (Å²) in [5.74, 6) is -1.21. The Kier molecular flexibility index (Phi) is 7.06. The van der Waals surface area contributed by atoms with Crippen molar-refractivity contribution in [2.75, 3.05) is 13.2 Å². The van der Waals surface area contributed by atoms with Crippen LogP contribution < -0.4 is 0 Å². The molecule has 0 aliphatic heterocycles. The molecule has 0 aliphatic carbocycles. The van der Waals surface area contributed by atoms with Gasteiger partial charge in [0.1, 0.15) is 11.6 Å². The van der Waals surface area contributed by atoms with E-state index in [-0.39, 0.29) is 6.16 Å². The number of hydrogen-bond acceptors (Lipinski definition) is 3. The molecule has 134 valence electrons. The van der Waals surface area contributed by atoms with E-state index in [2.05, 4.69) is 0 Å². The third-order valence-corrected chi connectivity index (χ3v) is 5.48. The number of hydrogen-bond donors (Lipinski definition) is 0. The highest BCUT2D eigenvalue weighted by molar-refractivity contribution is 7.53. The minimum absolute atomic E-state index is 0.200. The van der Waals surface area contributed by atoms with Gasteiger partial charge in [-0.15, -0.1) is 0 Å². The first-order valence-corrected chi connectivity index (χ1v) is 9.79. The first kappa shape index (κ1) is 19.5. The van der Waals surface area contributed by atoms with Crippen molar-refractivity contribution in [1.82, 2.24) is 0 Å². The van der Waals surface area contributed by atoms with Crippen LogP contribution in [0, 0.1) is 11.6 Å². The molecule has 3 nitrogen and oxygen atoms in total. The van der Waals surface area contributed by atoms with E-state index in [1.165, 1.54) is 12.1 Å². The zero-order valence-corrected chi connectivity index (χ0v) is 15.1. The Morgan fingerprint density at radius 2 is 1.60 bits per heavy atom. The lowest BCUT2D eigenvalue weighted by Gasteiger charge is -2.16. The Hall–Kier alpha value is -1.81. The third-order valence-electron chi connectivity index (χ3n) is 3.43. The van der Waals surface area contributed by atoms with Gasteiger partial charge in [0.05, 0.1) is 19.4 Å². The van der Waals surface area contributed by atoms with Crippen LogP contribution in [-0.2, 0) is 19.8 Å². The molecule has 0 saturated carbocycles. The molecule has 2 aromatic carbocycles. The average Bonchev–Trinajstić information content (AvgIpc) is 2.56. The molecule has 2 aromatic rings. The molecule has 0 saturated heterocycles. The summed E-state index contributed by atoms with van der Waals surface area (Å²) in [6.07, 6.45) is 3.51. The Balaban J connectivity index is 2.09. The molecule has 0 spiro atoms. The molecule has 25 heavy (non-hydrogen) atoms. The van der Waals surface area contributed by atoms with Crippen LogP contribution in [0.3, 0.4) is 0 Å². The van der Waals surface area contributed by atoms with Crippen LogP contribution in [0.1, 0.15) is 30.5 Å². The van der Waals surface area contributed by atoms with E-state index in [0.29, 0.717) is 18.8 Å². The van der Waals surface area contributed by atoms with Crippen molar-refractivity contribution in [3.8, 4) is 0 Å². The summed E-state index contributed by atoms with van der Waals surface area (Å²) in [5.41, 5.74) is 1.98. The molecule has 0 bridgehead atoms. The van der Waals surface area contributed by atoms with Crippen LogP contribution in [0.2, 0.25) is 0 Å². The van der Waals surface area contributed by atoms with Gasteiger partial charge in [-0.3, -0.25) is 4.57 Å². The van der Waals surface area contributed by atoms with E-state index < -0.39 is 19.2 Å². The standard InChI is InChI=1S/C19H21F2O3P/c1-3-23-25(22,24-4-2)14-16-7-5-15(6-8-16)9-10-17-11-12-18(20)13-19(17)21/h5-13H,3-4,14H2,1-2H3/b10-9+. The molecule has 0 amide bonds. The third kappa shape index (κ3) is 5.89. The smallest absolute Gasteiger partial charge is 0.309 e. The summed E-state index contributed by atoms with van der Waals surface area (Å²) in [4.78, 5) is 0. The second-order valence-electron chi connectivity index (χ2n) is 5.35. The van der Waals surface area contributed by atoms with Crippen molar-refractivity contribution in [3.63, 3.8) is 0 Å². The number of halogens is 2. The quantitative estimate of drug-likeness (QED) is 0.431. The molecule has 0 aromatic heterocycles. The summed E-state index contributed by atoms with van der Waals surface area (Å²) < 4.78 is 49.6. The van der Waals surface area contributed by atoms with Crippen molar-refractivity contribution in [3.05, 3.63) is 70.8 Å². The molecule has 0 radical (unpaired) electrons. The Morgan fingerprint density at radius 3 is 2.16 bits per heavy atom. The number of benzene rings is 2. The van der Waals surface area contributed by atoms with Crippen LogP contribution >= 0.6 is 7.60 Å². The maximum Gasteiger partial charge on any atom is 0.335 e. The molecular weight excluding hydrogens is 345 g/mol. The largest absolute Gasteiger partial charge is 0.335 e. The zero-order chi connectivity index (χ0) is 18.3. The topological polar surface area (TPSA) is 35.5 Å². The SMILES string of the molecule is CCOP(=O)(Cc1ccc(/C=C/c2ccc(F)cc2F)cc1)OCC. The lowest BCUT2D eigenvalue weighted by Crippen LogP contribution is -1.99. The lowest BCUT2D eigenvalue weighted by molar-refractivity contribution is 0.219. The zero-order valence-electron chi connectivity index (χ0n) is 14.2. The molecule has 0 N–H and O–H groups in total. The van der Waals surface area contributed by atoms with E-state index in [9.17, 15) is 13.3 Å². The maximum absolute atomic E-state index is 13.6. The first-order chi connectivity index (χ1) is 12.0. The maximum atomic E-state index is 13.6. The van der Waals surface area contributed by atoms with Crippen molar-refractivity contribution in [2.24, 2.45) is 0 Å². The highest BCUT2D eigenvalue weighted by Gasteiger charge is 2.23. The van der Waals surface area contributed by atoms with Gasteiger partial charge in [0, 0.05) is 11.6 Å². The summed E-state index contributed by atoms with van der Waals surface area (Å²) in [6.45, 7) is 4.19. The van der Waals surface area contributed by atoms with Crippen molar-refractivity contribution in [1.29, 1.82) is 0 Å². The van der Waals surface area contributed by atoms with E-state index >= 15 is 0 Å². The fourth-order valence-electron chi connectivity index (χ4n) is 2.30. The predicted molar refractivity (Wildman–Crippen MR) is 96.3 cm³/mol. The van der Waals surface area contributed by atoms with Gasteiger partial charge < -0.3 is 9.05 Å².